The van der Waals surface area contributed by atoms with Gasteiger partial charge in [0.05, 0.1) is 17.1 Å². The lowest BCUT2D eigenvalue weighted by atomic mass is 10.1. The second-order valence-electron chi connectivity index (χ2n) is 4.41. The first kappa shape index (κ1) is 15.6. The zero-order chi connectivity index (χ0) is 15.2. The monoisotopic (exact) mass is 362 g/mol. The molecule has 0 saturated carbocycles. The number of benzene rings is 1. The second-order valence-corrected chi connectivity index (χ2v) is 5.67. The topological polar surface area (TPSA) is 49.3 Å². The highest BCUT2D eigenvalue weighted by atomic mass is 79.9. The molecule has 0 atom stereocenters. The number of hydrazone groups is 1. The third-order valence-electron chi connectivity index (χ3n) is 2.80. The van der Waals surface area contributed by atoms with E-state index in [-0.39, 0.29) is 0 Å². The van der Waals surface area contributed by atoms with E-state index in [1.165, 1.54) is 0 Å². The second kappa shape index (κ2) is 7.28. The van der Waals surface area contributed by atoms with Crippen LogP contribution < -0.4 is 10.7 Å². The Morgan fingerprint density at radius 1 is 1.24 bits per heavy atom. The average molecular weight is 363 g/mol. The first-order valence-corrected chi connectivity index (χ1v) is 7.56. The van der Waals surface area contributed by atoms with E-state index in [1.807, 2.05) is 50.2 Å². The minimum Gasteiger partial charge on any atom is -0.330 e. The molecule has 0 saturated heterocycles. The molecule has 108 valence electrons. The number of rotatable bonds is 3. The number of nitrogens with zero attached hydrogens (tertiary/aromatic N) is 2. The SMILES string of the molecule is C/C(=N\NC(=S)Nc1ccccc1Br)c1ncccc1C. The summed E-state index contributed by atoms with van der Waals surface area (Å²) >= 11 is 8.68. The summed E-state index contributed by atoms with van der Waals surface area (Å²) in [4.78, 5) is 4.31. The van der Waals surface area contributed by atoms with E-state index < -0.39 is 0 Å². The van der Waals surface area contributed by atoms with Gasteiger partial charge in [-0.1, -0.05) is 18.2 Å². The highest BCUT2D eigenvalue weighted by molar-refractivity contribution is 9.10. The van der Waals surface area contributed by atoms with Gasteiger partial charge in [-0.3, -0.25) is 10.4 Å². The molecular weight excluding hydrogens is 348 g/mol. The fourth-order valence-corrected chi connectivity index (χ4v) is 2.30. The van der Waals surface area contributed by atoms with Crippen LogP contribution in [-0.4, -0.2) is 15.8 Å². The summed E-state index contributed by atoms with van der Waals surface area (Å²) in [6.45, 7) is 3.89. The minimum atomic E-state index is 0.426. The van der Waals surface area contributed by atoms with Gasteiger partial charge in [0, 0.05) is 10.7 Å². The van der Waals surface area contributed by atoms with Crippen molar-refractivity contribution in [1.82, 2.24) is 10.4 Å². The fraction of sp³-hybridized carbons (Fsp3) is 0.133. The highest BCUT2D eigenvalue weighted by Crippen LogP contribution is 2.20. The number of pyridine rings is 1. The molecule has 0 aliphatic carbocycles. The fourth-order valence-electron chi connectivity index (χ4n) is 1.76. The van der Waals surface area contributed by atoms with E-state index in [0.29, 0.717) is 5.11 Å². The number of hydrogen-bond acceptors (Lipinski definition) is 3. The van der Waals surface area contributed by atoms with Crippen LogP contribution in [0, 0.1) is 6.92 Å². The van der Waals surface area contributed by atoms with Gasteiger partial charge < -0.3 is 5.32 Å². The molecule has 1 aromatic carbocycles. The van der Waals surface area contributed by atoms with Gasteiger partial charge in [0.15, 0.2) is 5.11 Å². The van der Waals surface area contributed by atoms with Gasteiger partial charge in [-0.15, -0.1) is 0 Å². The average Bonchev–Trinajstić information content (AvgIpc) is 2.48. The van der Waals surface area contributed by atoms with E-state index in [0.717, 1.165) is 27.1 Å². The summed E-state index contributed by atoms with van der Waals surface area (Å²) in [5.74, 6) is 0. The van der Waals surface area contributed by atoms with Crippen LogP contribution >= 0.6 is 28.1 Å². The first-order valence-electron chi connectivity index (χ1n) is 6.35. The molecule has 2 aromatic rings. The largest absolute Gasteiger partial charge is 0.330 e. The van der Waals surface area contributed by atoms with Crippen molar-refractivity contribution in [2.75, 3.05) is 5.32 Å². The summed E-state index contributed by atoms with van der Waals surface area (Å²) in [6, 6.07) is 11.6. The smallest absolute Gasteiger partial charge is 0.191 e. The lowest BCUT2D eigenvalue weighted by molar-refractivity contribution is 1.03. The van der Waals surface area contributed by atoms with Crippen LogP contribution in [0.2, 0.25) is 0 Å². The number of hydrogen-bond donors (Lipinski definition) is 2. The zero-order valence-electron chi connectivity index (χ0n) is 11.7. The Morgan fingerprint density at radius 2 is 2.00 bits per heavy atom. The predicted molar refractivity (Wildman–Crippen MR) is 94.7 cm³/mol. The van der Waals surface area contributed by atoms with Crippen molar-refractivity contribution in [3.63, 3.8) is 0 Å². The first-order chi connectivity index (χ1) is 10.1. The number of anilines is 1. The van der Waals surface area contributed by atoms with Gasteiger partial charge in [-0.2, -0.15) is 5.10 Å². The van der Waals surface area contributed by atoms with Crippen molar-refractivity contribution in [3.05, 3.63) is 58.3 Å². The van der Waals surface area contributed by atoms with Crippen LogP contribution in [0.3, 0.4) is 0 Å². The minimum absolute atomic E-state index is 0.426. The lowest BCUT2D eigenvalue weighted by Gasteiger charge is -2.09. The number of aryl methyl sites for hydroxylation is 1. The standard InChI is InChI=1S/C15H15BrN4S/c1-10-6-5-9-17-14(10)11(2)19-20-15(21)18-13-8-4-3-7-12(13)16/h3-9H,1-2H3,(H2,18,20,21)/b19-11+. The van der Waals surface area contributed by atoms with Gasteiger partial charge in [0.25, 0.3) is 0 Å². The Balaban J connectivity index is 2.02. The maximum absolute atomic E-state index is 5.23. The maximum atomic E-state index is 5.23. The Labute approximate surface area is 137 Å². The number of para-hydroxylation sites is 1. The summed E-state index contributed by atoms with van der Waals surface area (Å²) in [7, 11) is 0. The van der Waals surface area contributed by atoms with Gasteiger partial charge >= 0.3 is 0 Å². The molecule has 6 heteroatoms. The summed E-state index contributed by atoms with van der Waals surface area (Å²) in [6.07, 6.45) is 1.75. The van der Waals surface area contributed by atoms with Crippen LogP contribution in [0.15, 0.2) is 52.2 Å². The number of nitrogens with one attached hydrogen (secondary N) is 2. The number of halogens is 1. The Hall–Kier alpha value is -1.79. The van der Waals surface area contributed by atoms with Crippen molar-refractivity contribution in [3.8, 4) is 0 Å². The van der Waals surface area contributed by atoms with Crippen LogP contribution in [0.1, 0.15) is 18.2 Å². The number of aromatic nitrogens is 1. The molecule has 0 aliphatic heterocycles. The normalized spacial score (nSPS) is 11.1. The van der Waals surface area contributed by atoms with E-state index in [4.69, 9.17) is 12.2 Å². The van der Waals surface area contributed by atoms with Crippen molar-refractivity contribution in [2.45, 2.75) is 13.8 Å². The molecular formula is C15H15BrN4S. The number of thiocarbonyl (C=S) groups is 1. The van der Waals surface area contributed by atoms with Crippen LogP contribution in [0.5, 0.6) is 0 Å². The third kappa shape index (κ3) is 4.34. The molecule has 0 aliphatic rings. The Kier molecular flexibility index (Phi) is 5.41. The molecule has 2 N–H and O–H groups in total. The Bertz CT molecular complexity index is 685. The van der Waals surface area contributed by atoms with Crippen LogP contribution in [0.4, 0.5) is 5.69 Å². The molecule has 2 rings (SSSR count). The molecule has 1 aromatic heterocycles. The molecule has 21 heavy (non-hydrogen) atoms. The van der Waals surface area contributed by atoms with Crippen molar-refractivity contribution in [1.29, 1.82) is 0 Å². The van der Waals surface area contributed by atoms with E-state index >= 15 is 0 Å². The molecule has 1 heterocycles. The molecule has 0 radical (unpaired) electrons. The van der Waals surface area contributed by atoms with Gasteiger partial charge in [0.2, 0.25) is 0 Å². The zero-order valence-corrected chi connectivity index (χ0v) is 14.1. The van der Waals surface area contributed by atoms with Gasteiger partial charge in [0.1, 0.15) is 0 Å². The maximum Gasteiger partial charge on any atom is 0.191 e. The lowest BCUT2D eigenvalue weighted by Crippen LogP contribution is -2.25. The molecule has 0 spiro atoms. The van der Waals surface area contributed by atoms with Crippen molar-refractivity contribution < 1.29 is 0 Å². The molecule has 0 unspecified atom stereocenters. The van der Waals surface area contributed by atoms with E-state index in [2.05, 4.69) is 36.8 Å². The van der Waals surface area contributed by atoms with Gasteiger partial charge in [-0.25, -0.2) is 0 Å². The van der Waals surface area contributed by atoms with E-state index in [9.17, 15) is 0 Å². The van der Waals surface area contributed by atoms with Crippen LogP contribution in [-0.2, 0) is 0 Å². The van der Waals surface area contributed by atoms with E-state index in [1.54, 1.807) is 6.20 Å². The molecule has 0 fully saturated rings. The predicted octanol–water partition coefficient (Wildman–Crippen LogP) is 3.86. The quantitative estimate of drug-likeness (QED) is 0.494. The Morgan fingerprint density at radius 3 is 2.71 bits per heavy atom. The highest BCUT2D eigenvalue weighted by Gasteiger charge is 2.04. The third-order valence-corrected chi connectivity index (χ3v) is 3.68. The molecule has 4 nitrogen and oxygen atoms in total. The van der Waals surface area contributed by atoms with Crippen molar-refractivity contribution >= 4 is 44.7 Å². The molecule has 0 amide bonds. The van der Waals surface area contributed by atoms with Crippen molar-refractivity contribution in [2.24, 2.45) is 5.10 Å². The summed E-state index contributed by atoms with van der Waals surface area (Å²) in [5.41, 5.74) is 6.43. The van der Waals surface area contributed by atoms with Crippen LogP contribution in [0.25, 0.3) is 0 Å². The van der Waals surface area contributed by atoms with Gasteiger partial charge in [-0.05, 0) is 65.8 Å². The molecule has 0 bridgehead atoms. The summed E-state index contributed by atoms with van der Waals surface area (Å²) < 4.78 is 0.940. The summed E-state index contributed by atoms with van der Waals surface area (Å²) in [5, 5.41) is 7.77.